The van der Waals surface area contributed by atoms with Crippen LogP contribution in [0.3, 0.4) is 0 Å². The molecule has 0 atom stereocenters. The second-order valence-corrected chi connectivity index (χ2v) is 7.09. The molecule has 2 heterocycles. The summed E-state index contributed by atoms with van der Waals surface area (Å²) >= 11 is 1.47. The number of anilines is 2. The fraction of sp³-hybridized carbons (Fsp3) is 0.0476. The van der Waals surface area contributed by atoms with Crippen molar-refractivity contribution in [2.24, 2.45) is 0 Å². The average Bonchev–Trinajstić information content (AvgIpc) is 3.24. The molecule has 0 bridgehead atoms. The first-order chi connectivity index (χ1) is 14.2. The Hall–Kier alpha value is -3.78. The van der Waals surface area contributed by atoms with Crippen LogP contribution in [0.1, 0.15) is 5.56 Å². The SMILES string of the molecule is Nc1ncncc1-c1nc(-c2cccc(NC(=O)NCc3ccccc3)c2)cs1. The number of nitrogens with two attached hydrogens (primary N) is 1. The van der Waals surface area contributed by atoms with E-state index in [9.17, 15) is 4.79 Å². The van der Waals surface area contributed by atoms with Gasteiger partial charge in [-0.15, -0.1) is 11.3 Å². The molecule has 2 amide bonds. The zero-order valence-electron chi connectivity index (χ0n) is 15.4. The van der Waals surface area contributed by atoms with Crippen molar-refractivity contribution >= 4 is 28.9 Å². The van der Waals surface area contributed by atoms with Gasteiger partial charge in [0.2, 0.25) is 0 Å². The summed E-state index contributed by atoms with van der Waals surface area (Å²) in [7, 11) is 0. The van der Waals surface area contributed by atoms with Crippen LogP contribution in [0.25, 0.3) is 21.8 Å². The van der Waals surface area contributed by atoms with Crippen LogP contribution in [0.4, 0.5) is 16.3 Å². The molecule has 2 aromatic heterocycles. The van der Waals surface area contributed by atoms with Gasteiger partial charge in [-0.05, 0) is 17.7 Å². The van der Waals surface area contributed by atoms with E-state index in [1.54, 1.807) is 6.20 Å². The van der Waals surface area contributed by atoms with E-state index in [1.165, 1.54) is 17.7 Å². The van der Waals surface area contributed by atoms with Crippen LogP contribution in [0.2, 0.25) is 0 Å². The first-order valence-corrected chi connectivity index (χ1v) is 9.77. The number of aromatic nitrogens is 3. The number of benzene rings is 2. The zero-order chi connectivity index (χ0) is 20.1. The predicted octanol–water partition coefficient (Wildman–Crippen LogP) is 4.17. The Balaban J connectivity index is 1.45. The van der Waals surface area contributed by atoms with Crippen molar-refractivity contribution in [3.63, 3.8) is 0 Å². The van der Waals surface area contributed by atoms with E-state index in [0.29, 0.717) is 23.6 Å². The highest BCUT2D eigenvalue weighted by Crippen LogP contribution is 2.31. The molecule has 29 heavy (non-hydrogen) atoms. The van der Waals surface area contributed by atoms with Crippen LogP contribution in [-0.4, -0.2) is 21.0 Å². The molecule has 0 radical (unpaired) electrons. The maximum absolute atomic E-state index is 12.2. The van der Waals surface area contributed by atoms with Gasteiger partial charge >= 0.3 is 6.03 Å². The van der Waals surface area contributed by atoms with Gasteiger partial charge in [-0.2, -0.15) is 0 Å². The third-order valence-electron chi connectivity index (χ3n) is 4.19. The molecule has 2 aromatic carbocycles. The summed E-state index contributed by atoms with van der Waals surface area (Å²) in [6.45, 7) is 0.461. The summed E-state index contributed by atoms with van der Waals surface area (Å²) in [5, 5.41) is 8.39. The van der Waals surface area contributed by atoms with E-state index in [-0.39, 0.29) is 6.03 Å². The van der Waals surface area contributed by atoms with Crippen molar-refractivity contribution in [2.75, 3.05) is 11.1 Å². The quantitative estimate of drug-likeness (QED) is 0.464. The number of nitrogen functional groups attached to an aromatic ring is 1. The summed E-state index contributed by atoms with van der Waals surface area (Å²) in [5.41, 5.74) is 10.0. The van der Waals surface area contributed by atoms with Gasteiger partial charge in [-0.25, -0.2) is 19.7 Å². The number of urea groups is 1. The lowest BCUT2D eigenvalue weighted by molar-refractivity contribution is 0.251. The number of nitrogens with one attached hydrogen (secondary N) is 2. The minimum atomic E-state index is -0.265. The number of amides is 2. The molecule has 0 aliphatic carbocycles. The second kappa shape index (κ2) is 8.49. The Morgan fingerprint density at radius 2 is 1.97 bits per heavy atom. The van der Waals surface area contributed by atoms with E-state index in [2.05, 4.69) is 25.6 Å². The summed E-state index contributed by atoms with van der Waals surface area (Å²) < 4.78 is 0. The third-order valence-corrected chi connectivity index (χ3v) is 5.07. The Morgan fingerprint density at radius 1 is 1.10 bits per heavy atom. The highest BCUT2D eigenvalue weighted by atomic mass is 32.1. The summed E-state index contributed by atoms with van der Waals surface area (Å²) in [6, 6.07) is 17.0. The molecular formula is C21H18N6OS. The maximum Gasteiger partial charge on any atom is 0.319 e. The van der Waals surface area contributed by atoms with Crippen LogP contribution in [-0.2, 0) is 6.54 Å². The van der Waals surface area contributed by atoms with E-state index in [0.717, 1.165) is 21.8 Å². The first-order valence-electron chi connectivity index (χ1n) is 8.89. The molecule has 0 aliphatic heterocycles. The summed E-state index contributed by atoms with van der Waals surface area (Å²) in [5.74, 6) is 0.395. The van der Waals surface area contributed by atoms with Gasteiger partial charge in [0.25, 0.3) is 0 Å². The van der Waals surface area contributed by atoms with Gasteiger partial charge in [0, 0.05) is 29.4 Å². The largest absolute Gasteiger partial charge is 0.383 e. The topological polar surface area (TPSA) is 106 Å². The number of hydrogen-bond acceptors (Lipinski definition) is 6. The molecular weight excluding hydrogens is 384 g/mol. The fourth-order valence-corrected chi connectivity index (χ4v) is 3.59. The van der Waals surface area contributed by atoms with Crippen molar-refractivity contribution in [2.45, 2.75) is 6.54 Å². The monoisotopic (exact) mass is 402 g/mol. The van der Waals surface area contributed by atoms with Crippen LogP contribution in [0.5, 0.6) is 0 Å². The van der Waals surface area contributed by atoms with Crippen molar-refractivity contribution in [1.29, 1.82) is 0 Å². The van der Waals surface area contributed by atoms with Gasteiger partial charge < -0.3 is 16.4 Å². The number of thiazole rings is 1. The smallest absolute Gasteiger partial charge is 0.319 e. The van der Waals surface area contributed by atoms with Gasteiger partial charge in [0.05, 0.1) is 11.3 Å². The minimum absolute atomic E-state index is 0.265. The number of rotatable bonds is 5. The number of nitrogens with zero attached hydrogens (tertiary/aromatic N) is 3. The molecule has 0 saturated carbocycles. The van der Waals surface area contributed by atoms with E-state index in [1.807, 2.05) is 60.0 Å². The molecule has 4 rings (SSSR count). The molecule has 0 fully saturated rings. The van der Waals surface area contributed by atoms with Crippen LogP contribution in [0.15, 0.2) is 72.5 Å². The molecule has 0 aliphatic rings. The minimum Gasteiger partial charge on any atom is -0.383 e. The lowest BCUT2D eigenvalue weighted by Gasteiger charge is -2.08. The Morgan fingerprint density at radius 3 is 2.79 bits per heavy atom. The maximum atomic E-state index is 12.2. The van der Waals surface area contributed by atoms with E-state index in [4.69, 9.17) is 5.73 Å². The lowest BCUT2D eigenvalue weighted by Crippen LogP contribution is -2.28. The Bertz CT molecular complexity index is 1130. The van der Waals surface area contributed by atoms with Gasteiger partial charge in [0.1, 0.15) is 17.2 Å². The number of carbonyl (C=O) groups is 1. The number of hydrogen-bond donors (Lipinski definition) is 3. The van der Waals surface area contributed by atoms with Crippen molar-refractivity contribution < 1.29 is 4.79 Å². The second-order valence-electron chi connectivity index (χ2n) is 6.23. The highest BCUT2D eigenvalue weighted by Gasteiger charge is 2.11. The fourth-order valence-electron chi connectivity index (χ4n) is 2.74. The average molecular weight is 402 g/mol. The number of carbonyl (C=O) groups excluding carboxylic acids is 1. The molecule has 0 saturated heterocycles. The van der Waals surface area contributed by atoms with Gasteiger partial charge in [-0.1, -0.05) is 42.5 Å². The van der Waals surface area contributed by atoms with Gasteiger partial charge in [-0.3, -0.25) is 0 Å². The van der Waals surface area contributed by atoms with Crippen molar-refractivity contribution in [1.82, 2.24) is 20.3 Å². The summed E-state index contributed by atoms with van der Waals surface area (Å²) in [6.07, 6.45) is 3.06. The lowest BCUT2D eigenvalue weighted by atomic mass is 10.1. The van der Waals surface area contributed by atoms with Crippen molar-refractivity contribution in [3.05, 3.63) is 78.1 Å². The molecule has 8 heteroatoms. The Kier molecular flexibility index (Phi) is 5.44. The molecule has 4 N–H and O–H groups in total. The Labute approximate surface area is 171 Å². The van der Waals surface area contributed by atoms with Crippen LogP contribution < -0.4 is 16.4 Å². The third kappa shape index (κ3) is 4.56. The summed E-state index contributed by atoms with van der Waals surface area (Å²) in [4.78, 5) is 24.8. The predicted molar refractivity (Wildman–Crippen MR) is 115 cm³/mol. The highest BCUT2D eigenvalue weighted by molar-refractivity contribution is 7.13. The van der Waals surface area contributed by atoms with Gasteiger partial charge in [0.15, 0.2) is 0 Å². The van der Waals surface area contributed by atoms with Crippen molar-refractivity contribution in [3.8, 4) is 21.8 Å². The van der Waals surface area contributed by atoms with Crippen LogP contribution in [0, 0.1) is 0 Å². The van der Waals surface area contributed by atoms with E-state index < -0.39 is 0 Å². The molecule has 7 nitrogen and oxygen atoms in total. The molecule has 4 aromatic rings. The van der Waals surface area contributed by atoms with E-state index >= 15 is 0 Å². The molecule has 0 unspecified atom stereocenters. The molecule has 0 spiro atoms. The van der Waals surface area contributed by atoms with Crippen LogP contribution >= 0.6 is 11.3 Å². The normalized spacial score (nSPS) is 10.5. The molecule has 144 valence electrons. The standard InChI is InChI=1S/C21H18N6OS/c22-19-17(11-23-13-25-19)20-27-18(12-29-20)15-7-4-8-16(9-15)26-21(28)24-10-14-5-2-1-3-6-14/h1-9,11-13H,10H2,(H2,22,23,25)(H2,24,26,28). The first kappa shape index (κ1) is 18.6. The zero-order valence-corrected chi connectivity index (χ0v) is 16.2.